The normalized spacial score (nSPS) is 22.9. The fourth-order valence-corrected chi connectivity index (χ4v) is 3.87. The molecule has 1 saturated heterocycles. The first-order chi connectivity index (χ1) is 10.2. The third kappa shape index (κ3) is 3.45. The van der Waals surface area contributed by atoms with Crippen LogP contribution in [-0.2, 0) is 6.54 Å². The summed E-state index contributed by atoms with van der Waals surface area (Å²) >= 11 is 1.68. The van der Waals surface area contributed by atoms with E-state index in [1.165, 1.54) is 0 Å². The van der Waals surface area contributed by atoms with Crippen LogP contribution in [0, 0.1) is 0 Å². The van der Waals surface area contributed by atoms with Crippen LogP contribution in [0.15, 0.2) is 17.8 Å². The van der Waals surface area contributed by atoms with Crippen LogP contribution in [0.4, 0.5) is 0 Å². The van der Waals surface area contributed by atoms with Crippen molar-refractivity contribution >= 4 is 16.3 Å². The van der Waals surface area contributed by atoms with Crippen LogP contribution >= 0.6 is 11.3 Å². The lowest BCUT2D eigenvalue weighted by Crippen LogP contribution is -2.54. The summed E-state index contributed by atoms with van der Waals surface area (Å²) in [5.74, 6) is 0. The van der Waals surface area contributed by atoms with Gasteiger partial charge in [0.15, 0.2) is 4.96 Å². The summed E-state index contributed by atoms with van der Waals surface area (Å²) in [4.78, 5) is 10.7. The number of β-amino-alcohol motifs (C(OH)–C–C–N with tert-alkyl or cyclic N) is 1. The Kier molecular flexibility index (Phi) is 4.59. The summed E-state index contributed by atoms with van der Waals surface area (Å²) in [6.07, 6.45) is 5.08. The van der Waals surface area contributed by atoms with Crippen LogP contribution in [0.2, 0.25) is 0 Å². The van der Waals surface area contributed by atoms with Gasteiger partial charge < -0.3 is 5.11 Å². The first-order valence-electron chi connectivity index (χ1n) is 7.71. The minimum atomic E-state index is -0.245. The van der Waals surface area contributed by atoms with Crippen LogP contribution in [0.1, 0.15) is 26.0 Å². The van der Waals surface area contributed by atoms with Crippen molar-refractivity contribution in [1.82, 2.24) is 19.2 Å². The van der Waals surface area contributed by atoms with Gasteiger partial charge in [0.25, 0.3) is 0 Å². The van der Waals surface area contributed by atoms with E-state index in [9.17, 15) is 5.11 Å². The second-order valence-electron chi connectivity index (χ2n) is 5.97. The van der Waals surface area contributed by atoms with Crippen molar-refractivity contribution in [2.24, 2.45) is 0 Å². The average molecular weight is 308 g/mol. The summed E-state index contributed by atoms with van der Waals surface area (Å²) in [5, 5.41) is 11.7. The van der Waals surface area contributed by atoms with Crippen molar-refractivity contribution < 1.29 is 5.11 Å². The molecule has 0 spiro atoms. The Morgan fingerprint density at radius 1 is 1.48 bits per heavy atom. The van der Waals surface area contributed by atoms with Gasteiger partial charge in [-0.15, -0.1) is 11.3 Å². The molecule has 0 bridgehead atoms. The van der Waals surface area contributed by atoms with Gasteiger partial charge in [-0.2, -0.15) is 0 Å². The highest BCUT2D eigenvalue weighted by atomic mass is 32.1. The summed E-state index contributed by atoms with van der Waals surface area (Å²) in [7, 11) is 0. The largest absolute Gasteiger partial charge is 0.392 e. The lowest BCUT2D eigenvalue weighted by atomic mass is 10.1. The predicted molar refractivity (Wildman–Crippen MR) is 85.7 cm³/mol. The number of thiazole rings is 1. The lowest BCUT2D eigenvalue weighted by molar-refractivity contribution is 0.0334. The fourth-order valence-electron chi connectivity index (χ4n) is 3.15. The van der Waals surface area contributed by atoms with Crippen molar-refractivity contribution in [1.29, 1.82) is 0 Å². The molecule has 5 nitrogen and oxygen atoms in total. The topological polar surface area (TPSA) is 44.0 Å². The van der Waals surface area contributed by atoms with E-state index in [1.54, 1.807) is 11.3 Å². The minimum absolute atomic E-state index is 0.245. The van der Waals surface area contributed by atoms with E-state index in [1.807, 2.05) is 6.92 Å². The smallest absolute Gasteiger partial charge is 0.193 e. The summed E-state index contributed by atoms with van der Waals surface area (Å²) in [6, 6.07) is 0.539. The van der Waals surface area contributed by atoms with E-state index in [0.29, 0.717) is 6.04 Å². The predicted octanol–water partition coefficient (Wildman–Crippen LogP) is 1.67. The van der Waals surface area contributed by atoms with E-state index in [2.05, 4.69) is 43.9 Å². The number of fused-ring (bicyclic) bond motifs is 1. The Labute approximate surface area is 129 Å². The van der Waals surface area contributed by atoms with Crippen molar-refractivity contribution in [3.63, 3.8) is 0 Å². The number of piperazine rings is 1. The van der Waals surface area contributed by atoms with E-state index < -0.39 is 0 Å². The fraction of sp³-hybridized carbons (Fsp3) is 0.667. The van der Waals surface area contributed by atoms with E-state index in [0.717, 1.165) is 49.8 Å². The summed E-state index contributed by atoms with van der Waals surface area (Å²) in [5.41, 5.74) is 1.15. The SMILES string of the molecule is CC[C@H]1CN(Cc2cn3ccsc3n2)CCN1C[C@@H](C)O. The van der Waals surface area contributed by atoms with E-state index in [4.69, 9.17) is 0 Å². The molecule has 2 aromatic rings. The molecule has 0 unspecified atom stereocenters. The maximum absolute atomic E-state index is 9.61. The zero-order chi connectivity index (χ0) is 14.8. The molecule has 1 fully saturated rings. The second-order valence-corrected chi connectivity index (χ2v) is 6.84. The summed E-state index contributed by atoms with van der Waals surface area (Å²) < 4.78 is 2.10. The maximum Gasteiger partial charge on any atom is 0.193 e. The van der Waals surface area contributed by atoms with Gasteiger partial charge in [0, 0.05) is 56.5 Å². The van der Waals surface area contributed by atoms with E-state index in [-0.39, 0.29) is 6.10 Å². The molecule has 1 aliphatic rings. The first-order valence-corrected chi connectivity index (χ1v) is 8.59. The van der Waals surface area contributed by atoms with Crippen molar-refractivity contribution in [3.8, 4) is 0 Å². The molecule has 6 heteroatoms. The van der Waals surface area contributed by atoms with Crippen LogP contribution in [0.5, 0.6) is 0 Å². The molecule has 0 aromatic carbocycles. The molecule has 2 atom stereocenters. The molecule has 21 heavy (non-hydrogen) atoms. The maximum atomic E-state index is 9.61. The molecule has 0 saturated carbocycles. The molecule has 0 radical (unpaired) electrons. The van der Waals surface area contributed by atoms with Gasteiger partial charge in [0.05, 0.1) is 11.8 Å². The Morgan fingerprint density at radius 2 is 2.33 bits per heavy atom. The number of rotatable bonds is 5. The van der Waals surface area contributed by atoms with Crippen LogP contribution in [0.3, 0.4) is 0 Å². The van der Waals surface area contributed by atoms with Crippen molar-refractivity contribution in [3.05, 3.63) is 23.5 Å². The molecular formula is C15H24N4OS. The number of aliphatic hydroxyl groups is 1. The van der Waals surface area contributed by atoms with Gasteiger partial charge in [-0.1, -0.05) is 6.92 Å². The first kappa shape index (κ1) is 15.0. The molecule has 3 rings (SSSR count). The van der Waals surface area contributed by atoms with Gasteiger partial charge in [0.1, 0.15) is 0 Å². The zero-order valence-electron chi connectivity index (χ0n) is 12.8. The van der Waals surface area contributed by atoms with Gasteiger partial charge in [0.2, 0.25) is 0 Å². The number of aromatic nitrogens is 2. The average Bonchev–Trinajstić information content (AvgIpc) is 3.00. The quantitative estimate of drug-likeness (QED) is 0.912. The molecule has 0 aliphatic carbocycles. The van der Waals surface area contributed by atoms with Crippen LogP contribution in [0.25, 0.3) is 4.96 Å². The lowest BCUT2D eigenvalue weighted by Gasteiger charge is -2.41. The molecule has 116 valence electrons. The molecule has 1 N–H and O–H groups in total. The molecule has 0 amide bonds. The molecular weight excluding hydrogens is 284 g/mol. The van der Waals surface area contributed by atoms with Gasteiger partial charge in [-0.3, -0.25) is 14.2 Å². The standard InChI is InChI=1S/C15H24N4OS/c1-3-14-11-17(4-5-18(14)8-12(2)20)9-13-10-19-6-7-21-15(19)16-13/h6-7,10,12,14,20H,3-5,8-9,11H2,1-2H3/t12-,14+/m1/s1. The zero-order valence-corrected chi connectivity index (χ0v) is 13.6. The number of nitrogens with zero attached hydrogens (tertiary/aromatic N) is 4. The van der Waals surface area contributed by atoms with Crippen molar-refractivity contribution in [2.75, 3.05) is 26.2 Å². The van der Waals surface area contributed by atoms with Gasteiger partial charge in [-0.25, -0.2) is 4.98 Å². The number of hydrogen-bond donors (Lipinski definition) is 1. The highest BCUT2D eigenvalue weighted by Gasteiger charge is 2.26. The molecule has 2 aromatic heterocycles. The summed E-state index contributed by atoms with van der Waals surface area (Å²) in [6.45, 7) is 8.96. The number of imidazole rings is 1. The third-order valence-corrected chi connectivity index (χ3v) is 4.96. The number of hydrogen-bond acceptors (Lipinski definition) is 5. The number of aliphatic hydroxyl groups excluding tert-OH is 1. The van der Waals surface area contributed by atoms with Gasteiger partial charge >= 0.3 is 0 Å². The second kappa shape index (κ2) is 6.44. The van der Waals surface area contributed by atoms with Crippen LogP contribution < -0.4 is 0 Å². The van der Waals surface area contributed by atoms with Crippen molar-refractivity contribution in [2.45, 2.75) is 39.0 Å². The Balaban J connectivity index is 1.61. The molecule has 3 heterocycles. The van der Waals surface area contributed by atoms with E-state index >= 15 is 0 Å². The highest BCUT2D eigenvalue weighted by Crippen LogP contribution is 2.17. The van der Waals surface area contributed by atoms with Crippen LogP contribution in [-0.4, -0.2) is 62.6 Å². The minimum Gasteiger partial charge on any atom is -0.392 e. The Hall–Kier alpha value is -0.950. The highest BCUT2D eigenvalue weighted by molar-refractivity contribution is 7.15. The Morgan fingerprint density at radius 3 is 3.05 bits per heavy atom. The Bertz CT molecular complexity index is 550. The monoisotopic (exact) mass is 308 g/mol. The van der Waals surface area contributed by atoms with Gasteiger partial charge in [-0.05, 0) is 13.3 Å². The third-order valence-electron chi connectivity index (χ3n) is 4.19. The molecule has 1 aliphatic heterocycles.